The summed E-state index contributed by atoms with van der Waals surface area (Å²) in [5, 5.41) is 2.91. The maximum Gasteiger partial charge on any atom is 0.134 e. The van der Waals surface area contributed by atoms with E-state index in [0.29, 0.717) is 6.54 Å². The highest BCUT2D eigenvalue weighted by Crippen LogP contribution is 2.29. The SMILES string of the molecule is COC(c1cccc(-n2cnc3cc(CN)ccc32)c1)c1nccs1. The van der Waals surface area contributed by atoms with Gasteiger partial charge in [-0.1, -0.05) is 18.2 Å². The first kappa shape index (κ1) is 16.0. The Morgan fingerprint density at radius 1 is 1.20 bits per heavy atom. The second-order valence-electron chi connectivity index (χ2n) is 5.72. The second kappa shape index (κ2) is 6.76. The summed E-state index contributed by atoms with van der Waals surface area (Å²) in [5.74, 6) is 0. The van der Waals surface area contributed by atoms with Gasteiger partial charge in [0.15, 0.2) is 0 Å². The minimum absolute atomic E-state index is 0.168. The van der Waals surface area contributed by atoms with Gasteiger partial charge in [-0.15, -0.1) is 11.3 Å². The monoisotopic (exact) mass is 350 g/mol. The molecule has 0 amide bonds. The number of hydrogen-bond donors (Lipinski definition) is 1. The predicted molar refractivity (Wildman–Crippen MR) is 99.9 cm³/mol. The highest BCUT2D eigenvalue weighted by molar-refractivity contribution is 7.09. The van der Waals surface area contributed by atoms with Crippen molar-refractivity contribution in [3.8, 4) is 5.69 Å². The first-order chi connectivity index (χ1) is 12.3. The summed E-state index contributed by atoms with van der Waals surface area (Å²) >= 11 is 1.59. The summed E-state index contributed by atoms with van der Waals surface area (Å²) in [6.45, 7) is 0.515. The molecule has 0 saturated carbocycles. The van der Waals surface area contributed by atoms with E-state index in [0.717, 1.165) is 32.9 Å². The Balaban J connectivity index is 1.77. The topological polar surface area (TPSA) is 66.0 Å². The summed E-state index contributed by atoms with van der Waals surface area (Å²) in [6, 6.07) is 14.4. The fraction of sp³-hybridized carbons (Fsp3) is 0.158. The van der Waals surface area contributed by atoms with Crippen LogP contribution in [0.1, 0.15) is 22.2 Å². The van der Waals surface area contributed by atoms with Crippen LogP contribution in [0.25, 0.3) is 16.7 Å². The van der Waals surface area contributed by atoms with Crippen LogP contribution in [0, 0.1) is 0 Å². The van der Waals surface area contributed by atoms with Crippen LogP contribution < -0.4 is 5.73 Å². The molecule has 25 heavy (non-hydrogen) atoms. The third-order valence-corrected chi connectivity index (χ3v) is 5.03. The van der Waals surface area contributed by atoms with Crippen LogP contribution in [-0.2, 0) is 11.3 Å². The van der Waals surface area contributed by atoms with Crippen LogP contribution in [0.5, 0.6) is 0 Å². The van der Waals surface area contributed by atoms with Gasteiger partial charge in [0.2, 0.25) is 0 Å². The maximum atomic E-state index is 5.72. The molecular formula is C19H18N4OS. The van der Waals surface area contributed by atoms with Crippen LogP contribution in [0.4, 0.5) is 0 Å². The quantitative estimate of drug-likeness (QED) is 0.596. The molecule has 0 spiro atoms. The van der Waals surface area contributed by atoms with Crippen molar-refractivity contribution in [1.82, 2.24) is 14.5 Å². The van der Waals surface area contributed by atoms with E-state index >= 15 is 0 Å². The van der Waals surface area contributed by atoms with Gasteiger partial charge < -0.3 is 10.5 Å². The number of nitrogens with zero attached hydrogens (tertiary/aromatic N) is 3. The van der Waals surface area contributed by atoms with E-state index in [1.807, 2.05) is 29.9 Å². The molecule has 0 radical (unpaired) electrons. The Kier molecular flexibility index (Phi) is 4.31. The average molecular weight is 350 g/mol. The summed E-state index contributed by atoms with van der Waals surface area (Å²) < 4.78 is 7.76. The molecule has 6 heteroatoms. The molecule has 126 valence electrons. The number of fused-ring (bicyclic) bond motifs is 1. The van der Waals surface area contributed by atoms with Crippen LogP contribution in [0.2, 0.25) is 0 Å². The first-order valence-corrected chi connectivity index (χ1v) is 8.86. The lowest BCUT2D eigenvalue weighted by molar-refractivity contribution is 0.136. The van der Waals surface area contributed by atoms with Gasteiger partial charge in [-0.25, -0.2) is 9.97 Å². The van der Waals surface area contributed by atoms with Crippen LogP contribution in [0.3, 0.4) is 0 Å². The van der Waals surface area contributed by atoms with Crippen molar-refractivity contribution in [2.75, 3.05) is 7.11 Å². The minimum atomic E-state index is -0.168. The molecule has 2 aromatic carbocycles. The van der Waals surface area contributed by atoms with Crippen molar-refractivity contribution in [2.24, 2.45) is 5.73 Å². The lowest BCUT2D eigenvalue weighted by atomic mass is 10.1. The van der Waals surface area contributed by atoms with E-state index in [9.17, 15) is 0 Å². The molecule has 0 saturated heterocycles. The van der Waals surface area contributed by atoms with Crippen LogP contribution in [0.15, 0.2) is 60.4 Å². The molecule has 2 aromatic heterocycles. The standard InChI is InChI=1S/C19H18N4OS/c1-24-18(19-21-7-8-25-19)14-3-2-4-15(10-14)23-12-22-16-9-13(11-20)5-6-17(16)23/h2-10,12,18H,11,20H2,1H3. The number of thiazole rings is 1. The lowest BCUT2D eigenvalue weighted by Crippen LogP contribution is -2.04. The van der Waals surface area contributed by atoms with Crippen LogP contribution >= 0.6 is 11.3 Å². The molecule has 2 heterocycles. The Bertz CT molecular complexity index is 994. The van der Waals surface area contributed by atoms with E-state index in [1.165, 1.54) is 0 Å². The highest BCUT2D eigenvalue weighted by atomic mass is 32.1. The third-order valence-electron chi connectivity index (χ3n) is 4.21. The van der Waals surface area contributed by atoms with Gasteiger partial charge in [0.05, 0.1) is 11.0 Å². The van der Waals surface area contributed by atoms with Crippen molar-refractivity contribution in [1.29, 1.82) is 0 Å². The lowest BCUT2D eigenvalue weighted by Gasteiger charge is -2.15. The number of nitrogens with two attached hydrogens (primary N) is 1. The van der Waals surface area contributed by atoms with Crippen molar-refractivity contribution >= 4 is 22.4 Å². The molecule has 4 aromatic rings. The molecule has 4 rings (SSSR count). The molecular weight excluding hydrogens is 332 g/mol. The Hall–Kier alpha value is -2.54. The molecule has 1 atom stereocenters. The molecule has 0 fully saturated rings. The van der Waals surface area contributed by atoms with Gasteiger partial charge >= 0.3 is 0 Å². The van der Waals surface area contributed by atoms with E-state index in [4.69, 9.17) is 10.5 Å². The van der Waals surface area contributed by atoms with Gasteiger partial charge in [0.25, 0.3) is 0 Å². The number of benzene rings is 2. The summed E-state index contributed by atoms with van der Waals surface area (Å²) in [6.07, 6.45) is 3.47. The molecule has 0 bridgehead atoms. The molecule has 0 aliphatic rings. The Labute approximate surface area is 149 Å². The normalized spacial score (nSPS) is 12.6. The van der Waals surface area contributed by atoms with E-state index in [1.54, 1.807) is 24.6 Å². The van der Waals surface area contributed by atoms with Gasteiger partial charge in [-0.05, 0) is 35.4 Å². The molecule has 2 N–H and O–H groups in total. The van der Waals surface area contributed by atoms with E-state index in [2.05, 4.69) is 38.8 Å². The van der Waals surface area contributed by atoms with Crippen molar-refractivity contribution < 1.29 is 4.74 Å². The highest BCUT2D eigenvalue weighted by Gasteiger charge is 2.17. The number of aromatic nitrogens is 3. The molecule has 5 nitrogen and oxygen atoms in total. The number of imidazole rings is 1. The van der Waals surface area contributed by atoms with Gasteiger partial charge in [-0.3, -0.25) is 4.57 Å². The van der Waals surface area contributed by atoms with E-state index in [-0.39, 0.29) is 6.10 Å². The van der Waals surface area contributed by atoms with Crippen LogP contribution in [-0.4, -0.2) is 21.6 Å². The van der Waals surface area contributed by atoms with Crippen molar-refractivity contribution in [3.63, 3.8) is 0 Å². The average Bonchev–Trinajstić information content (AvgIpc) is 3.32. The molecule has 0 aliphatic heterocycles. The third kappa shape index (κ3) is 2.95. The minimum Gasteiger partial charge on any atom is -0.370 e. The largest absolute Gasteiger partial charge is 0.370 e. The maximum absolute atomic E-state index is 5.72. The van der Waals surface area contributed by atoms with Gasteiger partial charge in [0, 0.05) is 30.9 Å². The summed E-state index contributed by atoms with van der Waals surface area (Å²) in [7, 11) is 1.71. The summed E-state index contributed by atoms with van der Waals surface area (Å²) in [5.41, 5.74) is 10.9. The smallest absolute Gasteiger partial charge is 0.134 e. The van der Waals surface area contributed by atoms with Gasteiger partial charge in [0.1, 0.15) is 17.4 Å². The zero-order valence-corrected chi connectivity index (χ0v) is 14.6. The van der Waals surface area contributed by atoms with Gasteiger partial charge in [-0.2, -0.15) is 0 Å². The number of methoxy groups -OCH3 is 1. The number of ether oxygens (including phenoxy) is 1. The first-order valence-electron chi connectivity index (χ1n) is 7.98. The molecule has 1 unspecified atom stereocenters. The molecule has 0 aliphatic carbocycles. The number of rotatable bonds is 5. The summed E-state index contributed by atoms with van der Waals surface area (Å²) in [4.78, 5) is 8.90. The zero-order valence-electron chi connectivity index (χ0n) is 13.8. The Morgan fingerprint density at radius 2 is 2.12 bits per heavy atom. The van der Waals surface area contributed by atoms with E-state index < -0.39 is 0 Å². The Morgan fingerprint density at radius 3 is 2.88 bits per heavy atom. The fourth-order valence-electron chi connectivity index (χ4n) is 2.97. The van der Waals surface area contributed by atoms with Crippen molar-refractivity contribution in [2.45, 2.75) is 12.6 Å². The fourth-order valence-corrected chi connectivity index (χ4v) is 3.71. The van der Waals surface area contributed by atoms with Crippen molar-refractivity contribution in [3.05, 3.63) is 76.5 Å². The predicted octanol–water partition coefficient (Wildman–Crippen LogP) is 3.68. The second-order valence-corrected chi connectivity index (χ2v) is 6.65. The number of hydrogen-bond acceptors (Lipinski definition) is 5. The zero-order chi connectivity index (χ0) is 17.2.